The molecule has 18 atom stereocenters. The number of cyclic esters (lactones) is 1. The van der Waals surface area contributed by atoms with E-state index in [0.29, 0.717) is 18.0 Å². The maximum absolute atomic E-state index is 14.8. The summed E-state index contributed by atoms with van der Waals surface area (Å²) in [6.45, 7) is 19.9. The molecule has 6 N–H and O–H groups in total. The number of sulfonamides is 1. The van der Waals surface area contributed by atoms with E-state index in [9.17, 15) is 38.0 Å². The van der Waals surface area contributed by atoms with Gasteiger partial charge in [-0.15, -0.1) is 0 Å². The largest absolute Gasteiger partial charge is 0.493 e. The molecule has 2 aromatic carbocycles. The number of likely N-dealkylation sites (N-methyl/N-ethyl adjacent to an activating group) is 1. The average Bonchev–Trinajstić information content (AvgIpc) is 3.37. The first-order valence-corrected chi connectivity index (χ1v) is 28.3. The second-order valence-corrected chi connectivity index (χ2v) is 24.3. The Labute approximate surface area is 454 Å². The van der Waals surface area contributed by atoms with Gasteiger partial charge in [-0.25, -0.2) is 12.8 Å². The molecule has 434 valence electrons. The Hall–Kier alpha value is -3.00. The molecule has 76 heavy (non-hydrogen) atoms. The lowest BCUT2D eigenvalue weighted by Crippen LogP contribution is -2.70. The zero-order chi connectivity index (χ0) is 56.9. The van der Waals surface area contributed by atoms with Crippen LogP contribution in [-0.2, 0) is 43.2 Å². The van der Waals surface area contributed by atoms with Crippen LogP contribution in [0.5, 0.6) is 17.2 Å². The van der Waals surface area contributed by atoms with Gasteiger partial charge in [0.15, 0.2) is 30.2 Å². The number of nitrogens with zero attached hydrogens (tertiary/aromatic N) is 1. The SMILES string of the molecule is CCCNC[C@]1(O)[C@H](C)O[C@@H](O[C@H]2[C@H](C)[C@@H](O[C@@H]3O[C@H](C)C[C@H](N(C)S(=O)(=O)c4ccc(F)c(Cl)c4)[C@H]3Oc3ccc(OC)c(OC)c3)[C@](C)(O)C[C@@H](C)CN[C@H](C)[C@@H](O)[C@](C)(O)[C@@H](CC)OC(=O)[C@@H]2C)C[C@@]1(C)OC. The maximum atomic E-state index is 14.8. The number of halogens is 2. The number of methoxy groups -OCH3 is 3. The van der Waals surface area contributed by atoms with Crippen LogP contribution in [0, 0.1) is 23.6 Å². The van der Waals surface area contributed by atoms with Crippen LogP contribution in [0.3, 0.4) is 0 Å². The summed E-state index contributed by atoms with van der Waals surface area (Å²) in [7, 11) is 1.35. The molecule has 0 aliphatic carbocycles. The fourth-order valence-corrected chi connectivity index (χ4v) is 12.8. The minimum atomic E-state index is -4.44. The molecule has 3 saturated heterocycles. The minimum Gasteiger partial charge on any atom is -0.493 e. The van der Waals surface area contributed by atoms with Crippen molar-refractivity contribution in [3.05, 3.63) is 47.2 Å². The van der Waals surface area contributed by atoms with Crippen LogP contribution in [0.15, 0.2) is 41.3 Å². The van der Waals surface area contributed by atoms with Crippen molar-refractivity contribution in [2.75, 3.05) is 48.0 Å². The highest BCUT2D eigenvalue weighted by atomic mass is 35.5. The van der Waals surface area contributed by atoms with E-state index < -0.39 is 128 Å². The number of carbonyl (C=O) groups is 1. The third-order valence-corrected chi connectivity index (χ3v) is 18.2. The molecule has 3 aliphatic rings. The van der Waals surface area contributed by atoms with Gasteiger partial charge in [0.2, 0.25) is 10.0 Å². The van der Waals surface area contributed by atoms with Gasteiger partial charge in [-0.2, -0.15) is 4.31 Å². The summed E-state index contributed by atoms with van der Waals surface area (Å²) in [5.41, 5.74) is -6.54. The van der Waals surface area contributed by atoms with Gasteiger partial charge in [-0.05, 0) is 123 Å². The molecule has 0 aromatic heterocycles. The van der Waals surface area contributed by atoms with Crippen LogP contribution in [-0.4, -0.2) is 177 Å². The number of carbonyl (C=O) groups excluding carboxylic acids is 1. The molecule has 0 spiro atoms. The van der Waals surface area contributed by atoms with Gasteiger partial charge in [-0.3, -0.25) is 4.79 Å². The van der Waals surface area contributed by atoms with Crippen molar-refractivity contribution in [1.82, 2.24) is 14.9 Å². The number of benzene rings is 2. The van der Waals surface area contributed by atoms with E-state index in [0.717, 1.165) is 28.9 Å². The van der Waals surface area contributed by atoms with Crippen LogP contribution in [0.4, 0.5) is 4.39 Å². The molecule has 0 radical (unpaired) electrons. The molecule has 19 nitrogen and oxygen atoms in total. The third kappa shape index (κ3) is 13.9. The lowest BCUT2D eigenvalue weighted by Gasteiger charge is -2.53. The average molecular weight is 1120 g/mol. The number of rotatable bonds is 17. The number of esters is 1. The summed E-state index contributed by atoms with van der Waals surface area (Å²) in [4.78, 5) is 14.5. The van der Waals surface area contributed by atoms with E-state index in [1.807, 2.05) is 13.8 Å². The molecule has 22 heteroatoms. The van der Waals surface area contributed by atoms with Crippen LogP contribution in [0.2, 0.25) is 5.02 Å². The number of nitrogens with one attached hydrogen (secondary N) is 2. The molecular formula is C54H87ClFN3O16S. The molecule has 0 amide bonds. The predicted molar refractivity (Wildman–Crippen MR) is 282 cm³/mol. The molecule has 0 unspecified atom stereocenters. The summed E-state index contributed by atoms with van der Waals surface area (Å²) in [5.74, 6) is -3.25. The second kappa shape index (κ2) is 26.1. The van der Waals surface area contributed by atoms with Crippen molar-refractivity contribution in [1.29, 1.82) is 0 Å². The Morgan fingerprint density at radius 3 is 2.20 bits per heavy atom. The number of aliphatic hydroxyl groups excluding tert-OH is 1. The molecular weight excluding hydrogens is 1030 g/mol. The highest BCUT2D eigenvalue weighted by Gasteiger charge is 2.59. The minimum absolute atomic E-state index is 0.0175. The number of hydrogen-bond acceptors (Lipinski definition) is 18. The van der Waals surface area contributed by atoms with Crippen LogP contribution in [0.25, 0.3) is 0 Å². The monoisotopic (exact) mass is 1120 g/mol. The summed E-state index contributed by atoms with van der Waals surface area (Å²) in [5, 5.41) is 55.1. The Morgan fingerprint density at radius 1 is 0.921 bits per heavy atom. The summed E-state index contributed by atoms with van der Waals surface area (Å²) < 4.78 is 102. The Bertz CT molecular complexity index is 2340. The van der Waals surface area contributed by atoms with E-state index in [1.165, 1.54) is 35.3 Å². The Morgan fingerprint density at radius 2 is 1.59 bits per heavy atom. The van der Waals surface area contributed by atoms with Gasteiger partial charge in [0, 0.05) is 45.1 Å². The van der Waals surface area contributed by atoms with Crippen molar-refractivity contribution in [3.63, 3.8) is 0 Å². The van der Waals surface area contributed by atoms with Crippen molar-refractivity contribution in [2.24, 2.45) is 17.8 Å². The summed E-state index contributed by atoms with van der Waals surface area (Å²) in [6.07, 6.45) is -9.65. The van der Waals surface area contributed by atoms with Crippen LogP contribution < -0.4 is 24.8 Å². The molecule has 3 heterocycles. The highest BCUT2D eigenvalue weighted by Crippen LogP contribution is 2.44. The topological polar surface area (TPSA) is 242 Å². The molecule has 3 fully saturated rings. The molecule has 2 aromatic rings. The van der Waals surface area contributed by atoms with Gasteiger partial charge in [0.05, 0.1) is 66.1 Å². The summed E-state index contributed by atoms with van der Waals surface area (Å²) >= 11 is 6.13. The van der Waals surface area contributed by atoms with E-state index in [4.69, 9.17) is 54.2 Å². The fraction of sp³-hybridized carbons (Fsp3) is 0.759. The van der Waals surface area contributed by atoms with E-state index in [-0.39, 0.29) is 55.3 Å². The fourth-order valence-electron chi connectivity index (χ4n) is 11.2. The second-order valence-electron chi connectivity index (χ2n) is 21.9. The number of hydrogen-bond donors (Lipinski definition) is 6. The van der Waals surface area contributed by atoms with Crippen LogP contribution in [0.1, 0.15) is 108 Å². The molecule has 3 aliphatic heterocycles. The van der Waals surface area contributed by atoms with E-state index in [2.05, 4.69) is 10.6 Å². The van der Waals surface area contributed by atoms with E-state index >= 15 is 0 Å². The van der Waals surface area contributed by atoms with Gasteiger partial charge in [-0.1, -0.05) is 39.3 Å². The molecule has 5 rings (SSSR count). The molecule has 0 saturated carbocycles. The van der Waals surface area contributed by atoms with Crippen molar-refractivity contribution >= 4 is 27.6 Å². The first kappa shape index (κ1) is 63.8. The first-order valence-electron chi connectivity index (χ1n) is 26.4. The number of aliphatic hydroxyl groups is 4. The quantitative estimate of drug-likeness (QED) is 0.0836. The zero-order valence-corrected chi connectivity index (χ0v) is 48.6. The lowest BCUT2D eigenvalue weighted by atomic mass is 9.75. The van der Waals surface area contributed by atoms with Gasteiger partial charge >= 0.3 is 5.97 Å². The molecule has 0 bridgehead atoms. The van der Waals surface area contributed by atoms with E-state index in [1.54, 1.807) is 73.6 Å². The predicted octanol–water partition coefficient (Wildman–Crippen LogP) is 5.58. The Kier molecular flexibility index (Phi) is 21.9. The summed E-state index contributed by atoms with van der Waals surface area (Å²) in [6, 6.07) is 6.13. The van der Waals surface area contributed by atoms with Crippen molar-refractivity contribution in [2.45, 2.75) is 203 Å². The number of ether oxygens (including phenoxy) is 9. The third-order valence-electron chi connectivity index (χ3n) is 16.0. The van der Waals surface area contributed by atoms with Crippen molar-refractivity contribution in [3.8, 4) is 17.2 Å². The maximum Gasteiger partial charge on any atom is 0.311 e. The van der Waals surface area contributed by atoms with Gasteiger partial charge in [0.25, 0.3) is 0 Å². The smallest absolute Gasteiger partial charge is 0.311 e. The van der Waals surface area contributed by atoms with Crippen molar-refractivity contribution < 1.29 is 80.7 Å². The normalized spacial score (nSPS) is 38.4. The standard InChI is InChI=1S/C54H87ClFN3O16S/c1-16-22-57-29-54(64)35(8)71-44(27-52(54,10)69-15)74-45-32(5)48(51(9,62)26-30(3)28-58-34(7)47(60)53(11,63)43(17-2)73-49(61)33(45)6)75-50-46(72-36-18-21-41(67-13)42(24-36)68-14)40(23-31(4)70-50)59(12)76(65,66)37-19-20-39(56)38(55)25-37/h18-21,24-25,30-35,40,43-48,50,57-58,60,62-64H,16-17,22-23,26-29H2,1-15H3/t30-,31-,32+,33-,34-,35+,40+,43-,44+,45+,46-,47-,48-,50+,51-,52-,53-,54+/m1/s1. The first-order chi connectivity index (χ1) is 35.5. The zero-order valence-electron chi connectivity index (χ0n) is 47.0. The van der Waals surface area contributed by atoms with Crippen LogP contribution >= 0.6 is 11.6 Å². The highest BCUT2D eigenvalue weighted by molar-refractivity contribution is 7.89. The Balaban J connectivity index is 1.70. The van der Waals surface area contributed by atoms with Gasteiger partial charge < -0.3 is 73.7 Å². The van der Waals surface area contributed by atoms with Gasteiger partial charge in [0.1, 0.15) is 40.6 Å². The lowest BCUT2D eigenvalue weighted by molar-refractivity contribution is -0.335.